The topological polar surface area (TPSA) is 52.1 Å². The fraction of sp³-hybridized carbons (Fsp3) is 0.650. The molecule has 0 amide bonds. The molecule has 1 fully saturated rings. The summed E-state index contributed by atoms with van der Waals surface area (Å²) in [5, 5.41) is 6.77. The van der Waals surface area contributed by atoms with E-state index in [0.29, 0.717) is 18.8 Å². The van der Waals surface area contributed by atoms with Gasteiger partial charge < -0.3 is 25.2 Å². The van der Waals surface area contributed by atoms with Gasteiger partial charge in [-0.05, 0) is 53.4 Å². The van der Waals surface area contributed by atoms with Crippen LogP contribution in [0.1, 0.15) is 27.2 Å². The predicted molar refractivity (Wildman–Crippen MR) is 111 cm³/mol. The van der Waals surface area contributed by atoms with Crippen molar-refractivity contribution in [1.29, 1.82) is 0 Å². The van der Waals surface area contributed by atoms with Crippen molar-refractivity contribution < 1.29 is 13.5 Å². The molecule has 158 valence electrons. The molecular weight excluding hydrogens is 364 g/mol. The zero-order chi connectivity index (χ0) is 20.7. The predicted octanol–water partition coefficient (Wildman–Crippen LogP) is 2.76. The van der Waals surface area contributed by atoms with Crippen LogP contribution in [0.25, 0.3) is 0 Å². The van der Waals surface area contributed by atoms with Gasteiger partial charge in [-0.1, -0.05) is 12.1 Å². The lowest BCUT2D eigenvalue weighted by molar-refractivity contribution is -0.0495. The van der Waals surface area contributed by atoms with E-state index in [4.69, 9.17) is 4.99 Å². The molecule has 1 atom stereocenters. The number of hydrogen-bond donors (Lipinski definition) is 2. The highest BCUT2D eigenvalue weighted by atomic mass is 19.3. The molecule has 0 bridgehead atoms. The summed E-state index contributed by atoms with van der Waals surface area (Å²) < 4.78 is 30.0. The lowest BCUT2D eigenvalue weighted by Crippen LogP contribution is -2.47. The molecule has 1 aliphatic rings. The second-order valence-corrected chi connectivity index (χ2v) is 7.82. The minimum absolute atomic E-state index is 0.0460. The van der Waals surface area contributed by atoms with Crippen LogP contribution in [0.5, 0.6) is 5.75 Å². The van der Waals surface area contributed by atoms with Gasteiger partial charge in [0.05, 0.1) is 12.2 Å². The standard InChI is InChI=1S/C20H33F2N5O/c1-6-23-19(24-14-20(2,3)26(4)5)25-15-11-12-27(13-15)16-9-7-8-10-17(16)28-18(21)22/h7-10,15,18H,6,11-14H2,1-5H3,(H2,23,24,25). The molecule has 2 rings (SSSR count). The molecule has 1 saturated heterocycles. The number of nitrogens with zero attached hydrogens (tertiary/aromatic N) is 3. The van der Waals surface area contributed by atoms with E-state index in [1.54, 1.807) is 12.1 Å². The third kappa shape index (κ3) is 6.22. The van der Waals surface area contributed by atoms with Crippen LogP contribution in [-0.4, -0.2) is 69.3 Å². The lowest BCUT2D eigenvalue weighted by atomic mass is 10.1. The van der Waals surface area contributed by atoms with Crippen molar-refractivity contribution in [2.45, 2.75) is 45.4 Å². The number of ether oxygens (including phenoxy) is 1. The summed E-state index contributed by atoms with van der Waals surface area (Å²) in [4.78, 5) is 8.96. The minimum Gasteiger partial charge on any atom is -0.433 e. The summed E-state index contributed by atoms with van der Waals surface area (Å²) in [7, 11) is 4.09. The summed E-state index contributed by atoms with van der Waals surface area (Å²) >= 11 is 0. The number of para-hydroxylation sites is 2. The Kier molecular flexibility index (Phi) is 7.86. The largest absolute Gasteiger partial charge is 0.433 e. The number of hydrogen-bond acceptors (Lipinski definition) is 4. The van der Waals surface area contributed by atoms with Crippen molar-refractivity contribution in [3.05, 3.63) is 24.3 Å². The number of halogens is 2. The number of alkyl halides is 2. The highest BCUT2D eigenvalue weighted by Crippen LogP contribution is 2.31. The molecule has 2 N–H and O–H groups in total. The Balaban J connectivity index is 2.02. The molecule has 8 heteroatoms. The smallest absolute Gasteiger partial charge is 0.387 e. The molecule has 1 aromatic carbocycles. The first-order valence-electron chi connectivity index (χ1n) is 9.74. The van der Waals surface area contributed by atoms with Gasteiger partial charge in [-0.15, -0.1) is 0 Å². The maximum absolute atomic E-state index is 12.7. The van der Waals surface area contributed by atoms with Gasteiger partial charge in [-0.2, -0.15) is 8.78 Å². The zero-order valence-corrected chi connectivity index (χ0v) is 17.5. The van der Waals surface area contributed by atoms with E-state index in [-0.39, 0.29) is 17.3 Å². The number of aliphatic imine (C=N–C) groups is 1. The number of benzene rings is 1. The van der Waals surface area contributed by atoms with Crippen molar-refractivity contribution in [2.24, 2.45) is 4.99 Å². The van der Waals surface area contributed by atoms with Crippen molar-refractivity contribution in [3.63, 3.8) is 0 Å². The first-order chi connectivity index (χ1) is 13.2. The minimum atomic E-state index is -2.83. The Bertz CT molecular complexity index is 651. The molecule has 28 heavy (non-hydrogen) atoms. The molecule has 0 aromatic heterocycles. The van der Waals surface area contributed by atoms with Gasteiger partial charge in [-0.3, -0.25) is 4.99 Å². The summed E-state index contributed by atoms with van der Waals surface area (Å²) in [6.07, 6.45) is 0.893. The second kappa shape index (κ2) is 9.91. The van der Waals surface area contributed by atoms with Crippen molar-refractivity contribution in [2.75, 3.05) is 45.2 Å². The average molecular weight is 398 g/mol. The fourth-order valence-electron chi connectivity index (χ4n) is 2.94. The molecule has 1 heterocycles. The zero-order valence-electron chi connectivity index (χ0n) is 17.5. The van der Waals surface area contributed by atoms with Crippen LogP contribution >= 0.6 is 0 Å². The Labute approximate surface area is 166 Å². The molecule has 1 unspecified atom stereocenters. The quantitative estimate of drug-likeness (QED) is 0.522. The van der Waals surface area contributed by atoms with E-state index in [1.807, 2.05) is 33.2 Å². The van der Waals surface area contributed by atoms with Gasteiger partial charge in [0.25, 0.3) is 0 Å². The summed E-state index contributed by atoms with van der Waals surface area (Å²) in [5.74, 6) is 0.993. The maximum Gasteiger partial charge on any atom is 0.387 e. The van der Waals surface area contributed by atoms with Crippen LogP contribution < -0.4 is 20.3 Å². The lowest BCUT2D eigenvalue weighted by Gasteiger charge is -2.31. The maximum atomic E-state index is 12.7. The Morgan fingerprint density at radius 1 is 1.36 bits per heavy atom. The van der Waals surface area contributed by atoms with Crippen molar-refractivity contribution >= 4 is 11.6 Å². The van der Waals surface area contributed by atoms with E-state index in [1.165, 1.54) is 0 Å². The van der Waals surface area contributed by atoms with E-state index in [2.05, 4.69) is 39.0 Å². The van der Waals surface area contributed by atoms with E-state index >= 15 is 0 Å². The van der Waals surface area contributed by atoms with Gasteiger partial charge in [0.1, 0.15) is 5.75 Å². The number of guanidine groups is 1. The van der Waals surface area contributed by atoms with Crippen molar-refractivity contribution in [3.8, 4) is 5.75 Å². The molecule has 0 spiro atoms. The molecule has 0 radical (unpaired) electrons. The molecule has 6 nitrogen and oxygen atoms in total. The van der Waals surface area contributed by atoms with Gasteiger partial charge in [-0.25, -0.2) is 0 Å². The molecular formula is C20H33F2N5O. The number of nitrogens with one attached hydrogen (secondary N) is 2. The number of anilines is 1. The fourth-order valence-corrected chi connectivity index (χ4v) is 2.94. The summed E-state index contributed by atoms with van der Waals surface area (Å²) in [5.41, 5.74) is 0.651. The highest BCUT2D eigenvalue weighted by molar-refractivity contribution is 5.80. The number of likely N-dealkylation sites (N-methyl/N-ethyl adjacent to an activating group) is 1. The molecule has 0 saturated carbocycles. The third-order valence-electron chi connectivity index (χ3n) is 5.13. The van der Waals surface area contributed by atoms with Crippen LogP contribution in [0.3, 0.4) is 0 Å². The Morgan fingerprint density at radius 3 is 2.71 bits per heavy atom. The van der Waals surface area contributed by atoms with Gasteiger partial charge >= 0.3 is 6.61 Å². The van der Waals surface area contributed by atoms with Crippen molar-refractivity contribution in [1.82, 2.24) is 15.5 Å². The Morgan fingerprint density at radius 2 is 2.07 bits per heavy atom. The van der Waals surface area contributed by atoms with E-state index in [9.17, 15) is 8.78 Å². The first kappa shape index (κ1) is 22.2. The summed E-state index contributed by atoms with van der Waals surface area (Å²) in [6.45, 7) is 6.41. The third-order valence-corrected chi connectivity index (χ3v) is 5.13. The van der Waals surface area contributed by atoms with Crippen LogP contribution in [-0.2, 0) is 0 Å². The Hall–Kier alpha value is -2.09. The summed E-state index contributed by atoms with van der Waals surface area (Å²) in [6, 6.07) is 7.12. The molecule has 0 aliphatic carbocycles. The highest BCUT2D eigenvalue weighted by Gasteiger charge is 2.26. The molecule has 1 aliphatic heterocycles. The average Bonchev–Trinajstić information content (AvgIpc) is 3.08. The normalized spacial score (nSPS) is 18.1. The van der Waals surface area contributed by atoms with Crippen LogP contribution in [0.15, 0.2) is 29.3 Å². The van der Waals surface area contributed by atoms with E-state index < -0.39 is 6.61 Å². The molecule has 1 aromatic rings. The van der Waals surface area contributed by atoms with Crippen LogP contribution in [0, 0.1) is 0 Å². The van der Waals surface area contributed by atoms with Gasteiger partial charge in [0.15, 0.2) is 5.96 Å². The second-order valence-electron chi connectivity index (χ2n) is 7.82. The van der Waals surface area contributed by atoms with Gasteiger partial charge in [0, 0.05) is 31.2 Å². The monoisotopic (exact) mass is 397 g/mol. The first-order valence-corrected chi connectivity index (χ1v) is 9.74. The van der Waals surface area contributed by atoms with Gasteiger partial charge in [0.2, 0.25) is 0 Å². The SMILES string of the molecule is CCNC(=NCC(C)(C)N(C)C)NC1CCN(c2ccccc2OC(F)F)C1. The van der Waals surface area contributed by atoms with Crippen LogP contribution in [0.4, 0.5) is 14.5 Å². The number of rotatable bonds is 8. The van der Waals surface area contributed by atoms with Crippen LogP contribution in [0.2, 0.25) is 0 Å². The van der Waals surface area contributed by atoms with E-state index in [0.717, 1.165) is 25.5 Å².